The fraction of sp³-hybridized carbons (Fsp3) is 0.350. The zero-order valence-corrected chi connectivity index (χ0v) is 16.7. The van der Waals surface area contributed by atoms with E-state index in [-0.39, 0.29) is 11.3 Å². The summed E-state index contributed by atoms with van der Waals surface area (Å²) >= 11 is 1.07. The van der Waals surface area contributed by atoms with Gasteiger partial charge in [0, 0.05) is 18.0 Å². The SMILES string of the molecule is CCc1ccc(C(=O)O)cc1SNc1cc(C(F)(F)F)ccc1N1CC(C)(O)C1. The molecule has 5 nitrogen and oxygen atoms in total. The number of nitrogens with zero attached hydrogens (tertiary/aromatic N) is 1. The van der Waals surface area contributed by atoms with Crippen LogP contribution in [0.5, 0.6) is 0 Å². The van der Waals surface area contributed by atoms with Crippen LogP contribution in [0, 0.1) is 0 Å². The first kappa shape index (κ1) is 21.3. The van der Waals surface area contributed by atoms with Gasteiger partial charge in [0.05, 0.1) is 28.1 Å². The van der Waals surface area contributed by atoms with Crippen LogP contribution in [0.1, 0.15) is 35.3 Å². The van der Waals surface area contributed by atoms with Crippen LogP contribution in [0.4, 0.5) is 24.5 Å². The third-order valence-corrected chi connectivity index (χ3v) is 5.62. The highest BCUT2D eigenvalue weighted by Crippen LogP contribution is 2.40. The molecule has 2 aromatic carbocycles. The quantitative estimate of drug-likeness (QED) is 0.584. The van der Waals surface area contributed by atoms with Gasteiger partial charge in [0.25, 0.3) is 0 Å². The number of carboxylic acids is 1. The summed E-state index contributed by atoms with van der Waals surface area (Å²) in [5.74, 6) is -1.07. The van der Waals surface area contributed by atoms with Gasteiger partial charge in [0.2, 0.25) is 0 Å². The van der Waals surface area contributed by atoms with Gasteiger partial charge < -0.3 is 19.8 Å². The zero-order valence-electron chi connectivity index (χ0n) is 15.9. The van der Waals surface area contributed by atoms with E-state index in [0.717, 1.165) is 29.6 Å². The number of alkyl halides is 3. The van der Waals surface area contributed by atoms with E-state index >= 15 is 0 Å². The predicted molar refractivity (Wildman–Crippen MR) is 107 cm³/mol. The second-order valence-electron chi connectivity index (χ2n) is 7.27. The highest BCUT2D eigenvalue weighted by atomic mass is 32.2. The van der Waals surface area contributed by atoms with E-state index in [0.29, 0.717) is 30.1 Å². The molecule has 0 unspecified atom stereocenters. The topological polar surface area (TPSA) is 72.8 Å². The molecule has 2 aromatic rings. The van der Waals surface area contributed by atoms with Crippen molar-refractivity contribution in [2.24, 2.45) is 0 Å². The fourth-order valence-corrected chi connectivity index (χ4v) is 4.11. The second kappa shape index (κ2) is 7.79. The Morgan fingerprint density at radius 2 is 1.93 bits per heavy atom. The van der Waals surface area contributed by atoms with Crippen molar-refractivity contribution in [3.8, 4) is 0 Å². The molecule has 0 aromatic heterocycles. The van der Waals surface area contributed by atoms with Crippen molar-refractivity contribution in [1.29, 1.82) is 0 Å². The molecule has 1 heterocycles. The molecule has 0 radical (unpaired) electrons. The molecule has 0 aliphatic carbocycles. The minimum atomic E-state index is -4.49. The van der Waals surface area contributed by atoms with Gasteiger partial charge >= 0.3 is 12.1 Å². The summed E-state index contributed by atoms with van der Waals surface area (Å²) in [5, 5.41) is 19.2. The van der Waals surface area contributed by atoms with Gasteiger partial charge in [-0.2, -0.15) is 13.2 Å². The highest BCUT2D eigenvalue weighted by molar-refractivity contribution is 8.00. The van der Waals surface area contributed by atoms with Crippen LogP contribution < -0.4 is 9.62 Å². The van der Waals surface area contributed by atoms with Crippen molar-refractivity contribution in [1.82, 2.24) is 0 Å². The van der Waals surface area contributed by atoms with Crippen molar-refractivity contribution in [3.05, 3.63) is 53.1 Å². The van der Waals surface area contributed by atoms with Gasteiger partial charge in [0.15, 0.2) is 0 Å². The number of aromatic carboxylic acids is 1. The molecule has 156 valence electrons. The standard InChI is InChI=1S/C20H21F3N2O3S/c1-3-12-4-5-13(18(26)27)8-17(12)29-24-15-9-14(20(21,22)23)6-7-16(15)25-10-19(2,28)11-25/h4-9,24,28H,3,10-11H2,1-2H3,(H,26,27). The maximum Gasteiger partial charge on any atom is 0.416 e. The number of hydrogen-bond acceptors (Lipinski definition) is 5. The summed E-state index contributed by atoms with van der Waals surface area (Å²) in [7, 11) is 0. The number of anilines is 2. The Labute approximate surface area is 170 Å². The van der Waals surface area contributed by atoms with E-state index in [9.17, 15) is 28.2 Å². The second-order valence-corrected chi connectivity index (χ2v) is 8.12. The Kier molecular flexibility index (Phi) is 5.73. The number of hydrogen-bond donors (Lipinski definition) is 3. The van der Waals surface area contributed by atoms with Crippen LogP contribution in [0.3, 0.4) is 0 Å². The van der Waals surface area contributed by atoms with Gasteiger partial charge in [0.1, 0.15) is 0 Å². The van der Waals surface area contributed by atoms with Crippen LogP contribution in [0.2, 0.25) is 0 Å². The lowest BCUT2D eigenvalue weighted by atomic mass is 9.95. The van der Waals surface area contributed by atoms with Gasteiger partial charge in [-0.3, -0.25) is 0 Å². The molecule has 3 N–H and O–H groups in total. The van der Waals surface area contributed by atoms with E-state index < -0.39 is 23.3 Å². The van der Waals surface area contributed by atoms with Crippen molar-refractivity contribution < 1.29 is 28.2 Å². The third kappa shape index (κ3) is 4.79. The average Bonchev–Trinajstić information content (AvgIpc) is 2.63. The monoisotopic (exact) mass is 426 g/mol. The number of aryl methyl sites for hydroxylation is 1. The van der Waals surface area contributed by atoms with E-state index in [1.54, 1.807) is 17.9 Å². The lowest BCUT2D eigenvalue weighted by molar-refractivity contribution is -0.137. The van der Waals surface area contributed by atoms with Gasteiger partial charge in [-0.25, -0.2) is 4.79 Å². The number of aliphatic hydroxyl groups is 1. The number of β-amino-alcohol motifs (C(OH)–C–C–N with tert-alkyl or cyclic N) is 1. The molecule has 0 spiro atoms. The van der Waals surface area contributed by atoms with E-state index in [4.69, 9.17) is 0 Å². The smallest absolute Gasteiger partial charge is 0.416 e. The van der Waals surface area contributed by atoms with Gasteiger partial charge in [-0.05, 0) is 61.2 Å². The first-order valence-electron chi connectivity index (χ1n) is 8.98. The highest BCUT2D eigenvalue weighted by Gasteiger charge is 2.38. The van der Waals surface area contributed by atoms with Crippen LogP contribution in [0.15, 0.2) is 41.3 Å². The predicted octanol–water partition coefficient (Wildman–Crippen LogP) is 4.66. The number of rotatable bonds is 6. The largest absolute Gasteiger partial charge is 0.478 e. The first-order valence-corrected chi connectivity index (χ1v) is 9.79. The minimum Gasteiger partial charge on any atom is -0.478 e. The maximum atomic E-state index is 13.2. The molecule has 1 fully saturated rings. The number of nitrogens with one attached hydrogen (secondary N) is 1. The summed E-state index contributed by atoms with van der Waals surface area (Å²) in [4.78, 5) is 13.7. The molecule has 1 saturated heterocycles. The van der Waals surface area contributed by atoms with Crippen molar-refractivity contribution in [3.63, 3.8) is 0 Å². The first-order chi connectivity index (χ1) is 13.5. The van der Waals surface area contributed by atoms with Gasteiger partial charge in [-0.15, -0.1) is 0 Å². The molecule has 0 bridgehead atoms. The zero-order chi connectivity index (χ0) is 21.4. The molecule has 0 atom stereocenters. The van der Waals surface area contributed by atoms with Crippen molar-refractivity contribution >= 4 is 29.3 Å². The van der Waals surface area contributed by atoms with Crippen LogP contribution in [0.25, 0.3) is 0 Å². The summed E-state index contributed by atoms with van der Waals surface area (Å²) in [6.45, 7) is 4.21. The fourth-order valence-electron chi connectivity index (χ4n) is 3.20. The maximum absolute atomic E-state index is 13.2. The van der Waals surface area contributed by atoms with Gasteiger partial charge in [-0.1, -0.05) is 13.0 Å². The van der Waals surface area contributed by atoms with Crippen LogP contribution in [-0.4, -0.2) is 34.9 Å². The molecule has 29 heavy (non-hydrogen) atoms. The summed E-state index contributed by atoms with van der Waals surface area (Å²) in [5.41, 5.74) is 0.125. The van der Waals surface area contributed by atoms with E-state index in [1.165, 1.54) is 18.2 Å². The Balaban J connectivity index is 1.91. The third-order valence-electron chi connectivity index (χ3n) is 4.69. The molecule has 1 aliphatic rings. The van der Waals surface area contributed by atoms with E-state index in [2.05, 4.69) is 4.72 Å². The Bertz CT molecular complexity index is 924. The Hall–Kier alpha value is -2.39. The number of carboxylic acid groups (broad SMARTS) is 1. The average molecular weight is 426 g/mol. The lowest BCUT2D eigenvalue weighted by Gasteiger charge is -2.46. The summed E-state index contributed by atoms with van der Waals surface area (Å²) < 4.78 is 42.5. The normalized spacial score (nSPS) is 15.7. The molecular weight excluding hydrogens is 405 g/mol. The Morgan fingerprint density at radius 3 is 2.48 bits per heavy atom. The molecule has 0 amide bonds. The Morgan fingerprint density at radius 1 is 1.24 bits per heavy atom. The molecule has 1 aliphatic heterocycles. The van der Waals surface area contributed by atoms with E-state index in [1.807, 2.05) is 6.92 Å². The summed E-state index contributed by atoms with van der Waals surface area (Å²) in [6, 6.07) is 8.13. The van der Waals surface area contributed by atoms with Crippen LogP contribution in [-0.2, 0) is 12.6 Å². The molecule has 0 saturated carbocycles. The molecule has 9 heteroatoms. The lowest BCUT2D eigenvalue weighted by Crippen LogP contribution is -2.60. The number of carbonyl (C=O) groups is 1. The number of halogens is 3. The minimum absolute atomic E-state index is 0.106. The molecule has 3 rings (SSSR count). The van der Waals surface area contributed by atoms with Crippen LogP contribution >= 0.6 is 11.9 Å². The van der Waals surface area contributed by atoms with Crippen molar-refractivity contribution in [2.45, 2.75) is 36.9 Å². The summed E-state index contributed by atoms with van der Waals surface area (Å²) in [6.07, 6.45) is -3.84. The van der Waals surface area contributed by atoms with Crippen molar-refractivity contribution in [2.75, 3.05) is 22.7 Å². The number of benzene rings is 2. The molecular formula is C20H21F3N2O3S.